The highest BCUT2D eigenvalue weighted by molar-refractivity contribution is 6.28. The van der Waals surface area contributed by atoms with Gasteiger partial charge in [-0.3, -0.25) is 4.79 Å². The third-order valence-electron chi connectivity index (χ3n) is 5.42. The van der Waals surface area contributed by atoms with Crippen LogP contribution in [0.15, 0.2) is 12.1 Å². The molecule has 0 unspecified atom stereocenters. The van der Waals surface area contributed by atoms with Gasteiger partial charge < -0.3 is 14.5 Å². The van der Waals surface area contributed by atoms with Crippen LogP contribution in [0.1, 0.15) is 25.5 Å². The van der Waals surface area contributed by atoms with Gasteiger partial charge in [-0.25, -0.2) is 9.97 Å². The average Bonchev–Trinajstić information content (AvgIpc) is 2.69. The van der Waals surface area contributed by atoms with Crippen LogP contribution in [0.5, 0.6) is 0 Å². The van der Waals surface area contributed by atoms with Crippen molar-refractivity contribution < 1.29 is 9.53 Å². The van der Waals surface area contributed by atoms with Crippen molar-refractivity contribution in [3.63, 3.8) is 0 Å². The van der Waals surface area contributed by atoms with Gasteiger partial charge >= 0.3 is 0 Å². The number of morpholine rings is 1. The number of rotatable bonds is 3. The van der Waals surface area contributed by atoms with Crippen molar-refractivity contribution in [3.8, 4) is 0 Å². The number of nitrogens with zero attached hydrogens (tertiary/aromatic N) is 5. The van der Waals surface area contributed by atoms with Gasteiger partial charge in [-0.15, -0.1) is 0 Å². The molecule has 0 saturated carbocycles. The molecular weight excluding hydrogens is 366 g/mol. The molecule has 2 saturated heterocycles. The lowest BCUT2D eigenvalue weighted by Crippen LogP contribution is -2.37. The molecule has 2 aromatic rings. The summed E-state index contributed by atoms with van der Waals surface area (Å²) in [5.74, 6) is 1.51. The standard InChI is InChI=1S/C19H24ClN5O2/c1-13(26)24-6-4-14(5-7-24)12-15-2-3-16-17(21-15)18(23-19(20)22-16)25-8-10-27-11-9-25/h2-3,14H,4-12H2,1H3. The molecule has 0 atom stereocenters. The lowest BCUT2D eigenvalue weighted by molar-refractivity contribution is -0.130. The molecule has 2 fully saturated rings. The first-order chi connectivity index (χ1) is 13.1. The molecule has 0 bridgehead atoms. The molecule has 1 amide bonds. The molecule has 0 aromatic carbocycles. The van der Waals surface area contributed by atoms with Gasteiger partial charge in [-0.1, -0.05) is 0 Å². The molecular formula is C19H24ClN5O2. The van der Waals surface area contributed by atoms with E-state index in [4.69, 9.17) is 21.3 Å². The van der Waals surface area contributed by atoms with Gasteiger partial charge in [-0.2, -0.15) is 4.98 Å². The van der Waals surface area contributed by atoms with Gasteiger partial charge in [0.1, 0.15) is 5.52 Å². The number of aromatic nitrogens is 3. The van der Waals surface area contributed by atoms with Crippen molar-refractivity contribution in [2.45, 2.75) is 26.2 Å². The van der Waals surface area contributed by atoms with E-state index in [1.54, 1.807) is 6.92 Å². The highest BCUT2D eigenvalue weighted by atomic mass is 35.5. The molecule has 0 spiro atoms. The minimum Gasteiger partial charge on any atom is -0.378 e. The number of hydrogen-bond acceptors (Lipinski definition) is 6. The number of ether oxygens (including phenoxy) is 1. The van der Waals surface area contributed by atoms with Crippen LogP contribution in [0.3, 0.4) is 0 Å². The molecule has 2 aliphatic rings. The number of likely N-dealkylation sites (tertiary alicyclic amines) is 1. The third kappa shape index (κ3) is 4.14. The first-order valence-electron chi connectivity index (χ1n) is 9.51. The van der Waals surface area contributed by atoms with Gasteiger partial charge in [0.25, 0.3) is 0 Å². The van der Waals surface area contributed by atoms with Gasteiger partial charge in [0.2, 0.25) is 11.2 Å². The predicted molar refractivity (Wildman–Crippen MR) is 104 cm³/mol. The number of halogens is 1. The van der Waals surface area contributed by atoms with Crippen LogP contribution in [-0.4, -0.2) is 65.2 Å². The van der Waals surface area contributed by atoms with Crippen molar-refractivity contribution in [2.75, 3.05) is 44.3 Å². The van der Waals surface area contributed by atoms with Crippen LogP contribution >= 0.6 is 11.6 Å². The van der Waals surface area contributed by atoms with Crippen molar-refractivity contribution in [1.82, 2.24) is 19.9 Å². The number of anilines is 1. The van der Waals surface area contributed by atoms with Crippen LogP contribution in [0.2, 0.25) is 5.28 Å². The molecule has 8 heteroatoms. The van der Waals surface area contributed by atoms with E-state index in [0.29, 0.717) is 19.1 Å². The second-order valence-electron chi connectivity index (χ2n) is 7.24. The summed E-state index contributed by atoms with van der Waals surface area (Å²) < 4.78 is 5.45. The normalized spacial score (nSPS) is 18.9. The molecule has 2 aromatic heterocycles. The van der Waals surface area contributed by atoms with Crippen LogP contribution in [0, 0.1) is 5.92 Å². The highest BCUT2D eigenvalue weighted by Crippen LogP contribution is 2.27. The summed E-state index contributed by atoms with van der Waals surface area (Å²) in [5.41, 5.74) is 2.62. The summed E-state index contributed by atoms with van der Waals surface area (Å²) in [7, 11) is 0. The summed E-state index contributed by atoms with van der Waals surface area (Å²) in [5, 5.41) is 0.246. The number of amides is 1. The highest BCUT2D eigenvalue weighted by Gasteiger charge is 2.22. The molecule has 0 aliphatic carbocycles. The molecule has 144 valence electrons. The van der Waals surface area contributed by atoms with Crippen molar-refractivity contribution >= 4 is 34.4 Å². The maximum Gasteiger partial charge on any atom is 0.225 e. The maximum absolute atomic E-state index is 11.5. The third-order valence-corrected chi connectivity index (χ3v) is 5.59. The summed E-state index contributed by atoms with van der Waals surface area (Å²) in [6.45, 7) is 6.23. The van der Waals surface area contributed by atoms with E-state index in [1.807, 2.05) is 17.0 Å². The minimum absolute atomic E-state index is 0.168. The van der Waals surface area contributed by atoms with Crippen molar-refractivity contribution in [3.05, 3.63) is 23.1 Å². The Morgan fingerprint density at radius 2 is 1.89 bits per heavy atom. The fourth-order valence-corrected chi connectivity index (χ4v) is 4.04. The molecule has 27 heavy (non-hydrogen) atoms. The largest absolute Gasteiger partial charge is 0.378 e. The van der Waals surface area contributed by atoms with Crippen LogP contribution < -0.4 is 4.90 Å². The first-order valence-corrected chi connectivity index (χ1v) is 9.89. The number of carbonyl (C=O) groups excluding carboxylic acids is 1. The number of pyridine rings is 1. The van der Waals surface area contributed by atoms with Crippen LogP contribution in [0.4, 0.5) is 5.82 Å². The van der Waals surface area contributed by atoms with E-state index in [1.165, 1.54) is 0 Å². The van der Waals surface area contributed by atoms with E-state index in [2.05, 4.69) is 14.9 Å². The van der Waals surface area contributed by atoms with Gasteiger partial charge in [-0.05, 0) is 48.9 Å². The second-order valence-corrected chi connectivity index (χ2v) is 7.58. The fourth-order valence-electron chi connectivity index (χ4n) is 3.87. The Labute approximate surface area is 163 Å². The Hall–Kier alpha value is -1.99. The number of hydrogen-bond donors (Lipinski definition) is 0. The van der Waals surface area contributed by atoms with E-state index >= 15 is 0 Å². The maximum atomic E-state index is 11.5. The van der Waals surface area contributed by atoms with Gasteiger partial charge in [0, 0.05) is 38.8 Å². The van der Waals surface area contributed by atoms with Crippen LogP contribution in [-0.2, 0) is 16.0 Å². The van der Waals surface area contributed by atoms with Crippen LogP contribution in [0.25, 0.3) is 11.0 Å². The lowest BCUT2D eigenvalue weighted by atomic mass is 9.92. The van der Waals surface area contributed by atoms with E-state index in [9.17, 15) is 4.79 Å². The average molecular weight is 390 g/mol. The molecule has 7 nitrogen and oxygen atoms in total. The topological polar surface area (TPSA) is 71.5 Å². The monoisotopic (exact) mass is 389 g/mol. The zero-order valence-corrected chi connectivity index (χ0v) is 16.3. The quantitative estimate of drug-likeness (QED) is 0.750. The predicted octanol–water partition coefficient (Wildman–Crippen LogP) is 2.32. The smallest absolute Gasteiger partial charge is 0.225 e. The Kier molecular flexibility index (Phi) is 5.41. The van der Waals surface area contributed by atoms with E-state index in [-0.39, 0.29) is 11.2 Å². The molecule has 0 N–H and O–H groups in total. The SMILES string of the molecule is CC(=O)N1CCC(Cc2ccc3nc(Cl)nc(N4CCOCC4)c3n2)CC1. The number of piperidine rings is 1. The minimum atomic E-state index is 0.168. The van der Waals surface area contributed by atoms with Crippen molar-refractivity contribution in [2.24, 2.45) is 5.92 Å². The number of fused-ring (bicyclic) bond motifs is 1. The first kappa shape index (κ1) is 18.4. The molecule has 2 aliphatic heterocycles. The Balaban J connectivity index is 1.56. The molecule has 0 radical (unpaired) electrons. The second kappa shape index (κ2) is 7.94. The summed E-state index contributed by atoms with van der Waals surface area (Å²) in [6, 6.07) is 4.02. The number of carbonyl (C=O) groups is 1. The lowest BCUT2D eigenvalue weighted by Gasteiger charge is -2.31. The van der Waals surface area contributed by atoms with Gasteiger partial charge in [0.05, 0.1) is 18.7 Å². The Bertz CT molecular complexity index is 832. The fraction of sp³-hybridized carbons (Fsp3) is 0.579. The van der Waals surface area contributed by atoms with Crippen molar-refractivity contribution in [1.29, 1.82) is 0 Å². The Morgan fingerprint density at radius 1 is 1.15 bits per heavy atom. The molecule has 4 rings (SSSR count). The summed E-state index contributed by atoms with van der Waals surface area (Å²) >= 11 is 6.14. The summed E-state index contributed by atoms with van der Waals surface area (Å²) in [4.78, 5) is 29.3. The van der Waals surface area contributed by atoms with Gasteiger partial charge in [0.15, 0.2) is 5.82 Å². The van der Waals surface area contributed by atoms with E-state index in [0.717, 1.165) is 68.0 Å². The molecule has 4 heterocycles. The van der Waals surface area contributed by atoms with E-state index < -0.39 is 0 Å². The summed E-state index contributed by atoms with van der Waals surface area (Å²) in [6.07, 6.45) is 2.95. The zero-order chi connectivity index (χ0) is 18.8. The zero-order valence-electron chi connectivity index (χ0n) is 15.5. The Morgan fingerprint density at radius 3 is 2.59 bits per heavy atom.